The molecule has 5 heteroatoms. The Morgan fingerprint density at radius 2 is 1.77 bits per heavy atom. The molecule has 30 heavy (non-hydrogen) atoms. The van der Waals surface area contributed by atoms with Crippen molar-refractivity contribution in [2.24, 2.45) is 0 Å². The molecule has 4 aromatic rings. The molecule has 1 unspecified atom stereocenters. The van der Waals surface area contributed by atoms with Crippen LogP contribution in [-0.2, 0) is 6.42 Å². The number of aryl methyl sites for hydroxylation is 1. The maximum Gasteiger partial charge on any atom is 0.223 e. The van der Waals surface area contributed by atoms with Crippen molar-refractivity contribution in [2.45, 2.75) is 19.4 Å². The zero-order valence-electron chi connectivity index (χ0n) is 16.6. The summed E-state index contributed by atoms with van der Waals surface area (Å²) in [5, 5.41) is 20.9. The monoisotopic (exact) mass is 398 g/mol. The average Bonchev–Trinajstić information content (AvgIpc) is 2.77. The molecular formula is C25H22N2O3. The Bertz CT molecular complexity index is 1230. The zero-order chi connectivity index (χ0) is 21.1. The molecule has 5 nitrogen and oxygen atoms in total. The van der Waals surface area contributed by atoms with Crippen LogP contribution in [0.3, 0.4) is 0 Å². The Morgan fingerprint density at radius 3 is 2.53 bits per heavy atom. The summed E-state index contributed by atoms with van der Waals surface area (Å²) < 4.78 is 1.75. The van der Waals surface area contributed by atoms with Crippen LogP contribution in [0.5, 0.6) is 5.75 Å². The Labute approximate surface area is 174 Å². The minimum absolute atomic E-state index is 0.218. The summed E-state index contributed by atoms with van der Waals surface area (Å²) in [5.41, 5.74) is 4.64. The van der Waals surface area contributed by atoms with E-state index in [1.54, 1.807) is 23.0 Å². The summed E-state index contributed by atoms with van der Waals surface area (Å²) in [5.74, 6) is -0.335. The van der Waals surface area contributed by atoms with Gasteiger partial charge >= 0.3 is 0 Å². The summed E-state index contributed by atoms with van der Waals surface area (Å²) in [4.78, 5) is 16.2. The van der Waals surface area contributed by atoms with Gasteiger partial charge in [0.1, 0.15) is 0 Å². The molecular weight excluding hydrogens is 376 g/mol. The van der Waals surface area contributed by atoms with Gasteiger partial charge < -0.3 is 14.8 Å². The summed E-state index contributed by atoms with van der Waals surface area (Å²) in [6.07, 6.45) is 4.16. The lowest BCUT2D eigenvalue weighted by Gasteiger charge is -2.19. The predicted octanol–water partition coefficient (Wildman–Crippen LogP) is 4.19. The molecule has 0 spiro atoms. The molecule has 2 heterocycles. The number of aromatic nitrogens is 2. The Kier molecular flexibility index (Phi) is 5.46. The zero-order valence-corrected chi connectivity index (χ0v) is 16.6. The molecule has 0 aliphatic carbocycles. The van der Waals surface area contributed by atoms with Crippen molar-refractivity contribution in [1.29, 1.82) is 0 Å². The number of aliphatic hydroxyl groups is 1. The van der Waals surface area contributed by atoms with Crippen molar-refractivity contribution in [3.05, 3.63) is 112 Å². The van der Waals surface area contributed by atoms with Gasteiger partial charge in [-0.25, -0.2) is 0 Å². The number of benzene rings is 2. The highest BCUT2D eigenvalue weighted by molar-refractivity contribution is 5.66. The maximum absolute atomic E-state index is 12.1. The van der Waals surface area contributed by atoms with Crippen molar-refractivity contribution >= 4 is 0 Å². The molecule has 0 radical (unpaired) electrons. The molecule has 2 N–H and O–H groups in total. The normalized spacial score (nSPS) is 11.9. The van der Waals surface area contributed by atoms with Crippen LogP contribution in [0.25, 0.3) is 16.8 Å². The molecule has 0 fully saturated rings. The topological polar surface area (TPSA) is 75.3 Å². The summed E-state index contributed by atoms with van der Waals surface area (Å²) in [6, 6.07) is 21.0. The lowest BCUT2D eigenvalue weighted by atomic mass is 10.0. The number of pyridine rings is 2. The van der Waals surface area contributed by atoms with Crippen LogP contribution >= 0.6 is 0 Å². The second kappa shape index (κ2) is 8.35. The van der Waals surface area contributed by atoms with Crippen molar-refractivity contribution in [1.82, 2.24) is 9.55 Å². The van der Waals surface area contributed by atoms with E-state index in [9.17, 15) is 15.0 Å². The van der Waals surface area contributed by atoms with Gasteiger partial charge in [-0.2, -0.15) is 0 Å². The van der Waals surface area contributed by atoms with E-state index in [-0.39, 0.29) is 12.2 Å². The third-order valence-corrected chi connectivity index (χ3v) is 5.17. The molecule has 4 rings (SSSR count). The lowest BCUT2D eigenvalue weighted by molar-refractivity contribution is 0.175. The molecule has 0 aliphatic heterocycles. The van der Waals surface area contributed by atoms with Crippen LogP contribution in [0.2, 0.25) is 0 Å². The number of hydrogen-bond donors (Lipinski definition) is 2. The summed E-state index contributed by atoms with van der Waals surface area (Å²) in [6.45, 7) is 1.89. The van der Waals surface area contributed by atoms with E-state index in [4.69, 9.17) is 0 Å². The van der Waals surface area contributed by atoms with E-state index < -0.39 is 11.5 Å². The van der Waals surface area contributed by atoms with E-state index in [2.05, 4.69) is 4.98 Å². The highest BCUT2D eigenvalue weighted by atomic mass is 16.3. The van der Waals surface area contributed by atoms with Gasteiger partial charge in [-0.05, 0) is 47.4 Å². The van der Waals surface area contributed by atoms with Gasteiger partial charge in [0.15, 0.2) is 5.75 Å². The number of nitrogens with zero attached hydrogens (tertiary/aromatic N) is 2. The number of rotatable bonds is 5. The van der Waals surface area contributed by atoms with Crippen LogP contribution in [0, 0.1) is 6.92 Å². The van der Waals surface area contributed by atoms with Gasteiger partial charge in [0, 0.05) is 36.3 Å². The van der Waals surface area contributed by atoms with Crippen LogP contribution in [0.4, 0.5) is 0 Å². The molecule has 0 bridgehead atoms. The molecule has 0 saturated carbocycles. The smallest absolute Gasteiger partial charge is 0.223 e. The first-order chi connectivity index (χ1) is 14.5. The third-order valence-electron chi connectivity index (χ3n) is 5.17. The van der Waals surface area contributed by atoms with Gasteiger partial charge in [-0.15, -0.1) is 0 Å². The molecule has 0 saturated heterocycles. The molecule has 2 aromatic carbocycles. The van der Waals surface area contributed by atoms with E-state index >= 15 is 0 Å². The van der Waals surface area contributed by atoms with E-state index in [1.807, 2.05) is 61.5 Å². The van der Waals surface area contributed by atoms with Gasteiger partial charge in [0.2, 0.25) is 5.43 Å². The minimum atomic E-state index is -0.805. The SMILES string of the molecule is Cc1cnccc1C(O)Cc1cc(=O)c(O)cn1-c1cccc(-c2ccccc2)c1. The van der Waals surface area contributed by atoms with Crippen molar-refractivity contribution in [3.8, 4) is 22.6 Å². The molecule has 1 atom stereocenters. The van der Waals surface area contributed by atoms with Gasteiger partial charge in [-0.3, -0.25) is 9.78 Å². The van der Waals surface area contributed by atoms with Crippen LogP contribution in [0.1, 0.15) is 22.9 Å². The highest BCUT2D eigenvalue weighted by Gasteiger charge is 2.16. The third kappa shape index (κ3) is 4.02. The first kappa shape index (κ1) is 19.6. The molecule has 150 valence electrons. The minimum Gasteiger partial charge on any atom is -0.503 e. The van der Waals surface area contributed by atoms with Crippen LogP contribution < -0.4 is 5.43 Å². The second-order valence-electron chi connectivity index (χ2n) is 7.25. The van der Waals surface area contributed by atoms with Crippen LogP contribution in [-0.4, -0.2) is 19.8 Å². The Balaban J connectivity index is 1.77. The van der Waals surface area contributed by atoms with Gasteiger partial charge in [0.25, 0.3) is 0 Å². The average molecular weight is 398 g/mol. The standard InChI is InChI=1S/C25H22N2O3/c1-17-15-26-11-10-22(17)23(28)13-21-14-24(29)25(30)16-27(21)20-9-5-8-19(12-20)18-6-3-2-4-7-18/h2-12,14-16,23,28,30H,13H2,1H3. The Hall–Kier alpha value is -3.70. The predicted molar refractivity (Wildman–Crippen MR) is 117 cm³/mol. The second-order valence-corrected chi connectivity index (χ2v) is 7.25. The van der Waals surface area contributed by atoms with Crippen molar-refractivity contribution in [2.75, 3.05) is 0 Å². The fourth-order valence-electron chi connectivity index (χ4n) is 3.59. The lowest BCUT2D eigenvalue weighted by Crippen LogP contribution is -2.14. The fraction of sp³-hybridized carbons (Fsp3) is 0.120. The summed E-state index contributed by atoms with van der Waals surface area (Å²) in [7, 11) is 0. The van der Waals surface area contributed by atoms with E-state index in [0.717, 1.165) is 27.9 Å². The number of aliphatic hydroxyl groups excluding tert-OH is 1. The molecule has 2 aromatic heterocycles. The number of aromatic hydroxyl groups is 1. The van der Waals surface area contributed by atoms with Gasteiger partial charge in [-0.1, -0.05) is 42.5 Å². The fourth-order valence-corrected chi connectivity index (χ4v) is 3.59. The Morgan fingerprint density at radius 1 is 1.00 bits per heavy atom. The highest BCUT2D eigenvalue weighted by Crippen LogP contribution is 2.26. The molecule has 0 aliphatic rings. The maximum atomic E-state index is 12.1. The first-order valence-corrected chi connectivity index (χ1v) is 9.72. The van der Waals surface area contributed by atoms with E-state index in [1.165, 1.54) is 12.3 Å². The largest absolute Gasteiger partial charge is 0.503 e. The summed E-state index contributed by atoms with van der Waals surface area (Å²) >= 11 is 0. The van der Waals surface area contributed by atoms with Crippen molar-refractivity contribution in [3.63, 3.8) is 0 Å². The van der Waals surface area contributed by atoms with Crippen LogP contribution in [0.15, 0.2) is 90.1 Å². The number of hydrogen-bond acceptors (Lipinski definition) is 4. The van der Waals surface area contributed by atoms with E-state index in [0.29, 0.717) is 5.69 Å². The molecule has 0 amide bonds. The quantitative estimate of drug-likeness (QED) is 0.529. The van der Waals surface area contributed by atoms with Crippen molar-refractivity contribution < 1.29 is 10.2 Å². The van der Waals surface area contributed by atoms with Gasteiger partial charge in [0.05, 0.1) is 12.3 Å². The first-order valence-electron chi connectivity index (χ1n) is 9.72.